The number of nitrogens with zero attached hydrogens (tertiary/aromatic N) is 5. The fraction of sp³-hybridized carbons (Fsp3) is 0.625. The minimum Gasteiger partial charge on any atom is -0.385 e. The topological polar surface area (TPSA) is 57.4 Å². The Bertz CT molecular complexity index is 678. The smallest absolute Gasteiger partial charge is 0.110 e. The van der Waals surface area contributed by atoms with Crippen LogP contribution < -0.4 is 0 Å². The number of likely N-dealkylation sites (N-methyl/N-ethyl adjacent to an activating group) is 1. The van der Waals surface area contributed by atoms with E-state index < -0.39 is 6.10 Å². The Morgan fingerprint density at radius 3 is 2.78 bits per heavy atom. The molecule has 0 aromatic carbocycles. The highest BCUT2D eigenvalue weighted by Gasteiger charge is 2.22. The number of fused-ring (bicyclic) bond motifs is 1. The van der Waals surface area contributed by atoms with Crippen LogP contribution in [0.3, 0.4) is 0 Å². The molecule has 1 atom stereocenters. The number of aromatic nitrogens is 3. The molecule has 0 radical (unpaired) electrons. The highest BCUT2D eigenvalue weighted by Crippen LogP contribution is 2.23. The molecule has 23 heavy (non-hydrogen) atoms. The van der Waals surface area contributed by atoms with Crippen LogP contribution in [0, 0.1) is 13.8 Å². The van der Waals surface area contributed by atoms with Crippen molar-refractivity contribution in [3.05, 3.63) is 33.0 Å². The lowest BCUT2D eigenvalue weighted by Gasteiger charge is -2.27. The first-order chi connectivity index (χ1) is 10.9. The van der Waals surface area contributed by atoms with Gasteiger partial charge in [-0.15, -0.1) is 11.3 Å². The average Bonchev–Trinajstić information content (AvgIpc) is 3.01. The summed E-state index contributed by atoms with van der Waals surface area (Å²) in [6.07, 6.45) is -0.525. The monoisotopic (exact) mass is 335 g/mol. The van der Waals surface area contributed by atoms with Crippen molar-refractivity contribution in [2.45, 2.75) is 39.6 Å². The van der Waals surface area contributed by atoms with Gasteiger partial charge in [0.15, 0.2) is 0 Å². The molecule has 6 nitrogen and oxygen atoms in total. The summed E-state index contributed by atoms with van der Waals surface area (Å²) in [7, 11) is 3.92. The summed E-state index contributed by atoms with van der Waals surface area (Å²) in [6, 6.07) is 2.05. The van der Waals surface area contributed by atoms with Gasteiger partial charge in [-0.25, -0.2) is 4.98 Å². The van der Waals surface area contributed by atoms with Crippen LogP contribution in [-0.4, -0.2) is 56.9 Å². The van der Waals surface area contributed by atoms with Gasteiger partial charge < -0.3 is 10.0 Å². The molecule has 0 amide bonds. The van der Waals surface area contributed by atoms with Crippen molar-refractivity contribution in [3.63, 3.8) is 0 Å². The van der Waals surface area contributed by atoms with E-state index in [0.717, 1.165) is 42.6 Å². The fourth-order valence-electron chi connectivity index (χ4n) is 3.00. The summed E-state index contributed by atoms with van der Waals surface area (Å²) in [6.45, 7) is 8.42. The normalized spacial score (nSPS) is 16.8. The second-order valence-electron chi connectivity index (χ2n) is 6.51. The van der Waals surface area contributed by atoms with Crippen molar-refractivity contribution in [2.75, 3.05) is 27.2 Å². The average molecular weight is 335 g/mol. The summed E-state index contributed by atoms with van der Waals surface area (Å²) in [5.41, 5.74) is 3.11. The van der Waals surface area contributed by atoms with E-state index in [4.69, 9.17) is 0 Å². The van der Waals surface area contributed by atoms with E-state index in [0.29, 0.717) is 6.54 Å². The summed E-state index contributed by atoms with van der Waals surface area (Å²) in [5, 5.41) is 15.9. The molecule has 0 aliphatic carbocycles. The van der Waals surface area contributed by atoms with Crippen molar-refractivity contribution in [2.24, 2.45) is 0 Å². The minimum atomic E-state index is -0.525. The Kier molecular flexibility index (Phi) is 4.82. The van der Waals surface area contributed by atoms with Gasteiger partial charge in [0.1, 0.15) is 6.10 Å². The first kappa shape index (κ1) is 16.6. The third kappa shape index (κ3) is 3.80. The van der Waals surface area contributed by atoms with Gasteiger partial charge in [-0.3, -0.25) is 9.58 Å². The van der Waals surface area contributed by atoms with Crippen molar-refractivity contribution < 1.29 is 5.11 Å². The molecule has 2 aromatic heterocycles. The molecular weight excluding hydrogens is 310 g/mol. The van der Waals surface area contributed by atoms with Crippen LogP contribution in [-0.2, 0) is 19.6 Å². The first-order valence-corrected chi connectivity index (χ1v) is 8.78. The highest BCUT2D eigenvalue weighted by molar-refractivity contribution is 7.11. The lowest BCUT2D eigenvalue weighted by atomic mass is 10.2. The number of aliphatic hydroxyl groups excluding tert-OH is 1. The maximum absolute atomic E-state index is 10.2. The molecule has 1 aliphatic heterocycles. The van der Waals surface area contributed by atoms with Gasteiger partial charge in [0.25, 0.3) is 0 Å². The van der Waals surface area contributed by atoms with Gasteiger partial charge in [0.05, 0.1) is 28.6 Å². The van der Waals surface area contributed by atoms with E-state index in [1.807, 2.05) is 29.7 Å². The molecule has 0 fully saturated rings. The number of thiazole rings is 1. The molecule has 0 spiro atoms. The van der Waals surface area contributed by atoms with Crippen LogP contribution in [0.2, 0.25) is 0 Å². The Labute approximate surface area is 141 Å². The highest BCUT2D eigenvalue weighted by atomic mass is 32.1. The molecule has 126 valence electrons. The van der Waals surface area contributed by atoms with Crippen molar-refractivity contribution in [3.8, 4) is 0 Å². The quantitative estimate of drug-likeness (QED) is 0.899. The third-order valence-corrected chi connectivity index (χ3v) is 5.20. The van der Waals surface area contributed by atoms with Crippen LogP contribution in [0.1, 0.15) is 33.1 Å². The van der Waals surface area contributed by atoms with Crippen molar-refractivity contribution >= 4 is 11.3 Å². The van der Waals surface area contributed by atoms with Crippen molar-refractivity contribution in [1.29, 1.82) is 0 Å². The fourth-order valence-corrected chi connectivity index (χ4v) is 3.98. The largest absolute Gasteiger partial charge is 0.385 e. The molecule has 2 aromatic rings. The second kappa shape index (κ2) is 6.68. The molecule has 3 heterocycles. The van der Waals surface area contributed by atoms with Gasteiger partial charge in [0, 0.05) is 31.1 Å². The van der Waals surface area contributed by atoms with Gasteiger partial charge >= 0.3 is 0 Å². The first-order valence-electron chi connectivity index (χ1n) is 7.97. The van der Waals surface area contributed by atoms with E-state index in [1.165, 1.54) is 10.6 Å². The lowest BCUT2D eigenvalue weighted by molar-refractivity contribution is 0.133. The van der Waals surface area contributed by atoms with Crippen LogP contribution in [0.5, 0.6) is 0 Å². The molecule has 7 heteroatoms. The number of hydrogen-bond donors (Lipinski definition) is 1. The predicted molar refractivity (Wildman–Crippen MR) is 91.4 cm³/mol. The molecule has 3 rings (SSSR count). The number of aliphatic hydroxyl groups is 1. The zero-order valence-electron chi connectivity index (χ0n) is 14.3. The standard InChI is InChI=1S/C16H25N5OS/c1-11-16(23-12(2)17-11)10-20-5-6-21-13(8-20)7-14(18-21)15(22)9-19(3)4/h7,15,22H,5-6,8-10H2,1-4H3/t15-/m0/s1. The van der Waals surface area contributed by atoms with Crippen LogP contribution >= 0.6 is 11.3 Å². The van der Waals surface area contributed by atoms with Gasteiger partial charge in [-0.1, -0.05) is 0 Å². The van der Waals surface area contributed by atoms with Gasteiger partial charge in [-0.05, 0) is 34.0 Å². The molecule has 1 N–H and O–H groups in total. The molecule has 1 aliphatic rings. The van der Waals surface area contributed by atoms with E-state index in [-0.39, 0.29) is 0 Å². The van der Waals surface area contributed by atoms with E-state index in [1.54, 1.807) is 11.3 Å². The van der Waals surface area contributed by atoms with E-state index in [2.05, 4.69) is 28.8 Å². The summed E-state index contributed by atoms with van der Waals surface area (Å²) < 4.78 is 2.04. The Balaban J connectivity index is 1.68. The zero-order chi connectivity index (χ0) is 16.6. The second-order valence-corrected chi connectivity index (χ2v) is 7.80. The Morgan fingerprint density at radius 1 is 1.35 bits per heavy atom. The molecule has 0 bridgehead atoms. The summed E-state index contributed by atoms with van der Waals surface area (Å²) in [5.74, 6) is 0. The SMILES string of the molecule is Cc1nc(C)c(CN2CCn3nc([C@@H](O)CN(C)C)cc3C2)s1. The van der Waals surface area contributed by atoms with E-state index in [9.17, 15) is 5.11 Å². The Morgan fingerprint density at radius 2 is 2.13 bits per heavy atom. The zero-order valence-corrected chi connectivity index (χ0v) is 15.1. The minimum absolute atomic E-state index is 0.525. The number of aryl methyl sites for hydroxylation is 2. The number of rotatable bonds is 5. The van der Waals surface area contributed by atoms with Crippen LogP contribution in [0.15, 0.2) is 6.07 Å². The van der Waals surface area contributed by atoms with Crippen LogP contribution in [0.4, 0.5) is 0 Å². The molecular formula is C16H25N5OS. The number of hydrogen-bond acceptors (Lipinski definition) is 6. The maximum Gasteiger partial charge on any atom is 0.110 e. The van der Waals surface area contributed by atoms with Crippen LogP contribution in [0.25, 0.3) is 0 Å². The Hall–Kier alpha value is -1.28. The lowest BCUT2D eigenvalue weighted by Crippen LogP contribution is -2.33. The van der Waals surface area contributed by atoms with Gasteiger partial charge in [-0.2, -0.15) is 5.10 Å². The maximum atomic E-state index is 10.2. The van der Waals surface area contributed by atoms with E-state index >= 15 is 0 Å². The predicted octanol–water partition coefficient (Wildman–Crippen LogP) is 1.57. The molecule has 0 saturated carbocycles. The molecule has 0 unspecified atom stereocenters. The third-order valence-electron chi connectivity index (χ3n) is 4.14. The van der Waals surface area contributed by atoms with Crippen molar-refractivity contribution in [1.82, 2.24) is 24.6 Å². The van der Waals surface area contributed by atoms with Gasteiger partial charge in [0.2, 0.25) is 0 Å². The summed E-state index contributed by atoms with van der Waals surface area (Å²) >= 11 is 1.79. The summed E-state index contributed by atoms with van der Waals surface area (Å²) in [4.78, 5) is 10.3. The molecule has 0 saturated heterocycles.